The van der Waals surface area contributed by atoms with Crippen molar-refractivity contribution >= 4 is 17.7 Å². The van der Waals surface area contributed by atoms with E-state index in [9.17, 15) is 14.4 Å². The molecule has 27 heavy (non-hydrogen) atoms. The Kier molecular flexibility index (Phi) is 5.40. The third-order valence-electron chi connectivity index (χ3n) is 4.72. The zero-order valence-electron chi connectivity index (χ0n) is 15.9. The summed E-state index contributed by atoms with van der Waals surface area (Å²) in [5, 5.41) is 2.88. The molecule has 2 aromatic rings. The fourth-order valence-corrected chi connectivity index (χ4v) is 3.28. The number of fused-ring (bicyclic) bond motifs is 1. The highest BCUT2D eigenvalue weighted by atomic mass is 16.2. The molecule has 1 heterocycles. The molecule has 3 rings (SSSR count). The standard InChI is InChI=1S/C22H24N2O3/c1-14(2)12-19(20(25)23-13-16-10-8-15(3)9-11-16)24-21(26)17-6-4-5-7-18(17)22(24)27/h4-11,14,19H,12-13H2,1-3H3,(H,23,25). The lowest BCUT2D eigenvalue weighted by Gasteiger charge is -2.26. The molecule has 2 aromatic carbocycles. The van der Waals surface area contributed by atoms with Crippen molar-refractivity contribution in [1.29, 1.82) is 0 Å². The van der Waals surface area contributed by atoms with Crippen LogP contribution < -0.4 is 5.32 Å². The lowest BCUT2D eigenvalue weighted by atomic mass is 10.0. The summed E-state index contributed by atoms with van der Waals surface area (Å²) in [7, 11) is 0. The van der Waals surface area contributed by atoms with Crippen LogP contribution in [0.2, 0.25) is 0 Å². The van der Waals surface area contributed by atoms with Crippen molar-refractivity contribution < 1.29 is 14.4 Å². The highest BCUT2D eigenvalue weighted by Crippen LogP contribution is 2.27. The molecule has 140 valence electrons. The van der Waals surface area contributed by atoms with Gasteiger partial charge < -0.3 is 5.32 Å². The minimum absolute atomic E-state index is 0.157. The molecule has 0 saturated carbocycles. The van der Waals surface area contributed by atoms with Gasteiger partial charge in [0.05, 0.1) is 11.1 Å². The Balaban J connectivity index is 1.79. The summed E-state index contributed by atoms with van der Waals surface area (Å²) in [5.74, 6) is -0.943. The average molecular weight is 364 g/mol. The van der Waals surface area contributed by atoms with Gasteiger partial charge in [-0.05, 0) is 37.0 Å². The van der Waals surface area contributed by atoms with Gasteiger partial charge in [0.1, 0.15) is 6.04 Å². The van der Waals surface area contributed by atoms with Crippen LogP contribution >= 0.6 is 0 Å². The second-order valence-corrected chi connectivity index (χ2v) is 7.37. The first-order valence-corrected chi connectivity index (χ1v) is 9.18. The van der Waals surface area contributed by atoms with Crippen LogP contribution in [0.25, 0.3) is 0 Å². The number of hydrogen-bond donors (Lipinski definition) is 1. The first-order valence-electron chi connectivity index (χ1n) is 9.18. The van der Waals surface area contributed by atoms with Crippen molar-refractivity contribution in [2.45, 2.75) is 39.8 Å². The van der Waals surface area contributed by atoms with Gasteiger partial charge in [0.15, 0.2) is 0 Å². The third kappa shape index (κ3) is 3.92. The molecule has 1 atom stereocenters. The van der Waals surface area contributed by atoms with Crippen LogP contribution in [0.3, 0.4) is 0 Å². The molecular weight excluding hydrogens is 340 g/mol. The largest absolute Gasteiger partial charge is 0.350 e. The van der Waals surface area contributed by atoms with Crippen molar-refractivity contribution in [3.05, 3.63) is 70.8 Å². The quantitative estimate of drug-likeness (QED) is 0.800. The van der Waals surface area contributed by atoms with Crippen LogP contribution in [-0.2, 0) is 11.3 Å². The van der Waals surface area contributed by atoms with Crippen LogP contribution in [0.5, 0.6) is 0 Å². The van der Waals surface area contributed by atoms with E-state index in [-0.39, 0.29) is 11.8 Å². The summed E-state index contributed by atoms with van der Waals surface area (Å²) in [4.78, 5) is 39.6. The Morgan fingerprint density at radius 3 is 2.04 bits per heavy atom. The number of nitrogens with one attached hydrogen (secondary N) is 1. The summed E-state index contributed by atoms with van der Waals surface area (Å²) >= 11 is 0. The highest BCUT2D eigenvalue weighted by Gasteiger charge is 2.42. The summed E-state index contributed by atoms with van der Waals surface area (Å²) in [6.45, 7) is 6.30. The van der Waals surface area contributed by atoms with E-state index >= 15 is 0 Å². The van der Waals surface area contributed by atoms with E-state index in [2.05, 4.69) is 5.32 Å². The van der Waals surface area contributed by atoms with Gasteiger partial charge in [-0.3, -0.25) is 19.3 Å². The van der Waals surface area contributed by atoms with E-state index in [1.165, 1.54) is 0 Å². The average Bonchev–Trinajstić information content (AvgIpc) is 2.90. The molecule has 0 radical (unpaired) electrons. The monoisotopic (exact) mass is 364 g/mol. The Hall–Kier alpha value is -2.95. The molecule has 0 bridgehead atoms. The van der Waals surface area contributed by atoms with E-state index in [0.29, 0.717) is 24.1 Å². The van der Waals surface area contributed by atoms with Gasteiger partial charge in [-0.2, -0.15) is 0 Å². The molecule has 0 aliphatic carbocycles. The van der Waals surface area contributed by atoms with Gasteiger partial charge >= 0.3 is 0 Å². The van der Waals surface area contributed by atoms with Gasteiger partial charge in [0.25, 0.3) is 11.8 Å². The van der Waals surface area contributed by atoms with E-state index in [4.69, 9.17) is 0 Å². The molecular formula is C22H24N2O3. The van der Waals surface area contributed by atoms with Crippen LogP contribution in [0.15, 0.2) is 48.5 Å². The summed E-state index contributed by atoms with van der Waals surface area (Å²) in [5.41, 5.74) is 2.85. The zero-order chi connectivity index (χ0) is 19.6. The summed E-state index contributed by atoms with van der Waals surface area (Å²) in [6.07, 6.45) is 0.422. The smallest absolute Gasteiger partial charge is 0.262 e. The van der Waals surface area contributed by atoms with E-state index in [0.717, 1.165) is 16.0 Å². The molecule has 1 N–H and O–H groups in total. The highest BCUT2D eigenvalue weighted by molar-refractivity contribution is 6.22. The number of aryl methyl sites for hydroxylation is 1. The first-order chi connectivity index (χ1) is 12.9. The Bertz CT molecular complexity index is 836. The van der Waals surface area contributed by atoms with Crippen molar-refractivity contribution in [2.75, 3.05) is 0 Å². The molecule has 0 aromatic heterocycles. The third-order valence-corrected chi connectivity index (χ3v) is 4.72. The number of carbonyl (C=O) groups is 3. The lowest BCUT2D eigenvalue weighted by molar-refractivity contribution is -0.125. The predicted molar refractivity (Wildman–Crippen MR) is 103 cm³/mol. The predicted octanol–water partition coefficient (Wildman–Crippen LogP) is 3.32. The number of imide groups is 1. The minimum atomic E-state index is -0.817. The Morgan fingerprint density at radius 2 is 1.52 bits per heavy atom. The Morgan fingerprint density at radius 1 is 0.963 bits per heavy atom. The maximum absolute atomic E-state index is 12.9. The topological polar surface area (TPSA) is 66.5 Å². The number of hydrogen-bond acceptors (Lipinski definition) is 3. The van der Waals surface area contributed by atoms with Crippen LogP contribution in [0, 0.1) is 12.8 Å². The van der Waals surface area contributed by atoms with Gasteiger partial charge in [0, 0.05) is 6.54 Å². The van der Waals surface area contributed by atoms with E-state index in [1.807, 2.05) is 45.0 Å². The Labute approximate surface area is 159 Å². The maximum atomic E-state index is 12.9. The summed E-state index contributed by atoms with van der Waals surface area (Å²) in [6, 6.07) is 13.8. The number of amides is 3. The van der Waals surface area contributed by atoms with Crippen LogP contribution in [0.1, 0.15) is 52.1 Å². The molecule has 0 fully saturated rings. The van der Waals surface area contributed by atoms with Crippen LogP contribution in [0.4, 0.5) is 0 Å². The number of rotatable bonds is 6. The fraction of sp³-hybridized carbons (Fsp3) is 0.318. The normalized spacial score (nSPS) is 14.4. The van der Waals surface area contributed by atoms with Crippen LogP contribution in [-0.4, -0.2) is 28.7 Å². The van der Waals surface area contributed by atoms with Crippen molar-refractivity contribution in [3.63, 3.8) is 0 Å². The number of benzene rings is 2. The first kappa shape index (κ1) is 18.8. The van der Waals surface area contributed by atoms with Crippen molar-refractivity contribution in [3.8, 4) is 0 Å². The van der Waals surface area contributed by atoms with Gasteiger partial charge in [0.2, 0.25) is 5.91 Å². The molecule has 1 aliphatic rings. The molecule has 5 nitrogen and oxygen atoms in total. The lowest BCUT2D eigenvalue weighted by Crippen LogP contribution is -2.50. The van der Waals surface area contributed by atoms with Crippen molar-refractivity contribution in [1.82, 2.24) is 10.2 Å². The molecule has 0 saturated heterocycles. The molecule has 1 unspecified atom stereocenters. The SMILES string of the molecule is Cc1ccc(CNC(=O)C(CC(C)C)N2C(=O)c3ccccc3C2=O)cc1. The molecule has 5 heteroatoms. The van der Waals surface area contributed by atoms with Gasteiger partial charge in [-0.15, -0.1) is 0 Å². The van der Waals surface area contributed by atoms with E-state index in [1.54, 1.807) is 24.3 Å². The van der Waals surface area contributed by atoms with Gasteiger partial charge in [-0.1, -0.05) is 55.8 Å². The second kappa shape index (κ2) is 7.74. The van der Waals surface area contributed by atoms with Crippen molar-refractivity contribution in [2.24, 2.45) is 5.92 Å². The zero-order valence-corrected chi connectivity index (χ0v) is 15.9. The number of nitrogens with zero attached hydrogens (tertiary/aromatic N) is 1. The molecule has 0 spiro atoms. The molecule has 1 aliphatic heterocycles. The van der Waals surface area contributed by atoms with Gasteiger partial charge in [-0.25, -0.2) is 0 Å². The number of carbonyl (C=O) groups excluding carboxylic acids is 3. The second-order valence-electron chi connectivity index (χ2n) is 7.37. The fourth-order valence-electron chi connectivity index (χ4n) is 3.28. The molecule has 3 amide bonds. The summed E-state index contributed by atoms with van der Waals surface area (Å²) < 4.78 is 0. The minimum Gasteiger partial charge on any atom is -0.350 e. The van der Waals surface area contributed by atoms with E-state index < -0.39 is 17.9 Å². The maximum Gasteiger partial charge on any atom is 0.262 e.